The zero-order valence-electron chi connectivity index (χ0n) is 13.2. The van der Waals surface area contributed by atoms with E-state index in [1.54, 1.807) is 41.9 Å². The number of thiazole rings is 1. The molecule has 1 aromatic carbocycles. The van der Waals surface area contributed by atoms with E-state index in [9.17, 15) is 14.4 Å². The lowest BCUT2D eigenvalue weighted by Gasteiger charge is -2.06. The highest BCUT2D eigenvalue weighted by Gasteiger charge is 2.14. The second-order valence-corrected chi connectivity index (χ2v) is 6.22. The van der Waals surface area contributed by atoms with Gasteiger partial charge in [-0.15, -0.1) is 11.3 Å². The number of pyridine rings is 1. The summed E-state index contributed by atoms with van der Waals surface area (Å²) >= 11 is 1.30. The molecule has 0 fully saturated rings. The average Bonchev–Trinajstić information content (AvgIpc) is 3.18. The van der Waals surface area contributed by atoms with Gasteiger partial charge in [0.1, 0.15) is 11.3 Å². The molecule has 0 aliphatic rings. The van der Waals surface area contributed by atoms with Crippen LogP contribution in [0.2, 0.25) is 0 Å². The van der Waals surface area contributed by atoms with Gasteiger partial charge >= 0.3 is 5.63 Å². The molecule has 0 atom stereocenters. The standard InChI is InChI=1S/C18H11N3O4S/c22-15(11-4-2-1-3-5-11)20-13-10-12-14(25-17(13)24)6-8-21(16(12)23)18-19-7-9-26-18/h1-10H,(H,20,22). The average molecular weight is 365 g/mol. The zero-order valence-corrected chi connectivity index (χ0v) is 14.0. The summed E-state index contributed by atoms with van der Waals surface area (Å²) < 4.78 is 6.54. The molecule has 7 nitrogen and oxygen atoms in total. The number of fused-ring (bicyclic) bond motifs is 1. The molecule has 4 rings (SSSR count). The van der Waals surface area contributed by atoms with Crippen molar-refractivity contribution >= 4 is 33.9 Å². The van der Waals surface area contributed by atoms with E-state index >= 15 is 0 Å². The second kappa shape index (κ2) is 6.41. The molecular formula is C18H11N3O4S. The van der Waals surface area contributed by atoms with Crippen molar-refractivity contribution in [1.82, 2.24) is 9.55 Å². The van der Waals surface area contributed by atoms with Crippen LogP contribution in [0.4, 0.5) is 5.69 Å². The number of carbonyl (C=O) groups is 1. The molecule has 0 aliphatic carbocycles. The van der Waals surface area contributed by atoms with Crippen LogP contribution in [0.3, 0.4) is 0 Å². The van der Waals surface area contributed by atoms with Gasteiger partial charge in [-0.2, -0.15) is 0 Å². The van der Waals surface area contributed by atoms with E-state index in [4.69, 9.17) is 4.42 Å². The molecule has 8 heteroatoms. The van der Waals surface area contributed by atoms with Gasteiger partial charge in [-0.1, -0.05) is 18.2 Å². The molecule has 3 heterocycles. The van der Waals surface area contributed by atoms with Gasteiger partial charge in [0, 0.05) is 23.3 Å². The molecule has 26 heavy (non-hydrogen) atoms. The predicted molar refractivity (Wildman–Crippen MR) is 98.1 cm³/mol. The molecule has 0 aliphatic heterocycles. The van der Waals surface area contributed by atoms with E-state index < -0.39 is 17.1 Å². The predicted octanol–water partition coefficient (Wildman–Crippen LogP) is 2.65. The molecule has 128 valence electrons. The number of aromatic nitrogens is 2. The van der Waals surface area contributed by atoms with Crippen molar-refractivity contribution < 1.29 is 9.21 Å². The Hall–Kier alpha value is -3.52. The highest BCUT2D eigenvalue weighted by Crippen LogP contribution is 2.15. The van der Waals surface area contributed by atoms with Gasteiger partial charge in [-0.05, 0) is 24.3 Å². The van der Waals surface area contributed by atoms with Crippen LogP contribution in [0, 0.1) is 0 Å². The monoisotopic (exact) mass is 365 g/mol. The quantitative estimate of drug-likeness (QED) is 0.602. The van der Waals surface area contributed by atoms with Gasteiger partial charge in [0.05, 0.1) is 5.39 Å². The fraction of sp³-hybridized carbons (Fsp3) is 0. The maximum Gasteiger partial charge on any atom is 0.360 e. The van der Waals surface area contributed by atoms with Crippen molar-refractivity contribution in [2.24, 2.45) is 0 Å². The van der Waals surface area contributed by atoms with Gasteiger partial charge in [-0.25, -0.2) is 9.78 Å². The first-order chi connectivity index (χ1) is 12.6. The van der Waals surface area contributed by atoms with E-state index in [0.717, 1.165) is 0 Å². The first-order valence-corrected chi connectivity index (χ1v) is 8.47. The van der Waals surface area contributed by atoms with E-state index in [-0.39, 0.29) is 16.7 Å². The number of nitrogens with zero attached hydrogens (tertiary/aromatic N) is 2. The van der Waals surface area contributed by atoms with E-state index in [2.05, 4.69) is 10.3 Å². The van der Waals surface area contributed by atoms with Crippen LogP contribution >= 0.6 is 11.3 Å². The fourth-order valence-corrected chi connectivity index (χ4v) is 3.09. The van der Waals surface area contributed by atoms with Gasteiger partial charge in [0.15, 0.2) is 5.13 Å². The molecule has 0 saturated heterocycles. The lowest BCUT2D eigenvalue weighted by Crippen LogP contribution is -2.21. The number of hydrogen-bond acceptors (Lipinski definition) is 6. The van der Waals surface area contributed by atoms with Crippen LogP contribution in [0.1, 0.15) is 10.4 Å². The van der Waals surface area contributed by atoms with Crippen molar-refractivity contribution in [3.63, 3.8) is 0 Å². The smallest absolute Gasteiger partial charge is 0.360 e. The summed E-state index contributed by atoms with van der Waals surface area (Å²) in [6, 6.07) is 11.3. The minimum absolute atomic E-state index is 0.0969. The Morgan fingerprint density at radius 1 is 1.15 bits per heavy atom. The number of benzene rings is 1. The number of anilines is 1. The molecule has 0 radical (unpaired) electrons. The molecule has 1 amide bonds. The normalized spacial score (nSPS) is 10.8. The highest BCUT2D eigenvalue weighted by atomic mass is 32.1. The number of carbonyl (C=O) groups excluding carboxylic acids is 1. The van der Waals surface area contributed by atoms with Crippen LogP contribution in [-0.2, 0) is 0 Å². The van der Waals surface area contributed by atoms with Gasteiger partial charge in [0.25, 0.3) is 11.5 Å². The zero-order chi connectivity index (χ0) is 18.1. The van der Waals surface area contributed by atoms with Crippen LogP contribution < -0.4 is 16.5 Å². The third kappa shape index (κ3) is 2.82. The Bertz CT molecular complexity index is 1210. The SMILES string of the molecule is O=C(Nc1cc2c(=O)n(-c3nccs3)ccc2oc1=O)c1ccccc1. The van der Waals surface area contributed by atoms with Crippen molar-refractivity contribution in [1.29, 1.82) is 0 Å². The van der Waals surface area contributed by atoms with Crippen LogP contribution in [0.25, 0.3) is 16.1 Å². The largest absolute Gasteiger partial charge is 0.421 e. The number of nitrogens with one attached hydrogen (secondary N) is 1. The Morgan fingerprint density at radius 2 is 1.96 bits per heavy atom. The minimum Gasteiger partial charge on any atom is -0.421 e. The summed E-state index contributed by atoms with van der Waals surface area (Å²) in [4.78, 5) is 41.2. The first kappa shape index (κ1) is 16.0. The molecule has 1 N–H and O–H groups in total. The third-order valence-electron chi connectivity index (χ3n) is 3.71. The number of rotatable bonds is 3. The minimum atomic E-state index is -0.729. The van der Waals surface area contributed by atoms with Crippen LogP contribution in [0.15, 0.2) is 74.2 Å². The molecule has 0 saturated carbocycles. The molecule has 0 unspecified atom stereocenters. The van der Waals surface area contributed by atoms with Crippen molar-refractivity contribution in [3.05, 3.63) is 86.6 Å². The lowest BCUT2D eigenvalue weighted by molar-refractivity contribution is 0.102. The molecular weight excluding hydrogens is 354 g/mol. The van der Waals surface area contributed by atoms with Gasteiger partial charge in [-0.3, -0.25) is 14.2 Å². The van der Waals surface area contributed by atoms with E-state index in [0.29, 0.717) is 10.7 Å². The summed E-state index contributed by atoms with van der Waals surface area (Å²) in [5, 5.41) is 4.92. The maximum absolute atomic E-state index is 12.7. The van der Waals surface area contributed by atoms with Crippen molar-refractivity contribution in [3.8, 4) is 5.13 Å². The summed E-state index contributed by atoms with van der Waals surface area (Å²) in [7, 11) is 0. The second-order valence-electron chi connectivity index (χ2n) is 5.35. The van der Waals surface area contributed by atoms with Crippen LogP contribution in [0.5, 0.6) is 0 Å². The van der Waals surface area contributed by atoms with Gasteiger partial charge in [0.2, 0.25) is 0 Å². The molecule has 4 aromatic rings. The maximum atomic E-state index is 12.7. The third-order valence-corrected chi connectivity index (χ3v) is 4.48. The number of amides is 1. The summed E-state index contributed by atoms with van der Waals surface area (Å²) in [6.45, 7) is 0. The molecule has 0 spiro atoms. The number of hydrogen-bond donors (Lipinski definition) is 1. The summed E-state index contributed by atoms with van der Waals surface area (Å²) in [5.74, 6) is -0.464. The van der Waals surface area contributed by atoms with Crippen LogP contribution in [-0.4, -0.2) is 15.5 Å². The molecule has 0 bridgehead atoms. The summed E-state index contributed by atoms with van der Waals surface area (Å²) in [6.07, 6.45) is 3.09. The Morgan fingerprint density at radius 3 is 2.69 bits per heavy atom. The topological polar surface area (TPSA) is 94.2 Å². The Balaban J connectivity index is 1.80. The molecule has 3 aromatic heterocycles. The highest BCUT2D eigenvalue weighted by molar-refractivity contribution is 7.12. The fourth-order valence-electron chi connectivity index (χ4n) is 2.47. The van der Waals surface area contributed by atoms with Crippen molar-refractivity contribution in [2.75, 3.05) is 5.32 Å². The van der Waals surface area contributed by atoms with Crippen molar-refractivity contribution in [2.45, 2.75) is 0 Å². The Labute approximate surface area is 150 Å². The van der Waals surface area contributed by atoms with E-state index in [1.807, 2.05) is 0 Å². The first-order valence-electron chi connectivity index (χ1n) is 7.59. The Kier molecular flexibility index (Phi) is 3.94. The summed E-state index contributed by atoms with van der Waals surface area (Å²) in [5.41, 5.74) is -0.685. The van der Waals surface area contributed by atoms with E-state index in [1.165, 1.54) is 34.2 Å². The van der Waals surface area contributed by atoms with Gasteiger partial charge < -0.3 is 9.73 Å². The lowest BCUT2D eigenvalue weighted by atomic mass is 10.2.